The quantitative estimate of drug-likeness (QED) is 0.923. The van der Waals surface area contributed by atoms with Crippen LogP contribution in [0.4, 0.5) is 0 Å². The van der Waals surface area contributed by atoms with Gasteiger partial charge >= 0.3 is 0 Å². The summed E-state index contributed by atoms with van der Waals surface area (Å²) in [5, 5.41) is 4.62. The van der Waals surface area contributed by atoms with Crippen LogP contribution in [0.5, 0.6) is 0 Å². The average molecular weight is 290 g/mol. The van der Waals surface area contributed by atoms with Crippen LogP contribution in [0.1, 0.15) is 19.4 Å². The Balaban J connectivity index is 1.79. The largest absolute Gasteiger partial charge is 0.348 e. The molecule has 0 bridgehead atoms. The van der Waals surface area contributed by atoms with Crippen LogP contribution in [0.3, 0.4) is 0 Å². The van der Waals surface area contributed by atoms with E-state index in [1.807, 2.05) is 26.0 Å². The second kappa shape index (κ2) is 5.76. The highest BCUT2D eigenvalue weighted by atomic mass is 35.5. The second-order valence-electron chi connectivity index (χ2n) is 4.86. The molecule has 0 radical (unpaired) electrons. The molecule has 1 unspecified atom stereocenters. The van der Waals surface area contributed by atoms with E-state index in [1.165, 1.54) is 0 Å². The lowest BCUT2D eigenvalue weighted by Crippen LogP contribution is -2.30. The van der Waals surface area contributed by atoms with Crippen molar-refractivity contribution in [3.63, 3.8) is 0 Å². The number of nitrogens with one attached hydrogen (secondary N) is 1. The summed E-state index contributed by atoms with van der Waals surface area (Å²) < 4.78 is 11.2. The summed E-state index contributed by atoms with van der Waals surface area (Å²) in [6.45, 7) is 5.91. The minimum absolute atomic E-state index is 0.0923. The molecule has 18 heavy (non-hydrogen) atoms. The number of benzene rings is 1. The first-order chi connectivity index (χ1) is 8.44. The zero-order chi connectivity index (χ0) is 13.2. The van der Waals surface area contributed by atoms with E-state index in [0.29, 0.717) is 23.2 Å². The minimum atomic E-state index is -0.467. The van der Waals surface area contributed by atoms with Gasteiger partial charge in [-0.2, -0.15) is 0 Å². The maximum absolute atomic E-state index is 5.94. The number of hydrogen-bond donors (Lipinski definition) is 1. The molecule has 1 aromatic rings. The summed E-state index contributed by atoms with van der Waals surface area (Å²) in [7, 11) is 0. The van der Waals surface area contributed by atoms with Crippen molar-refractivity contribution >= 4 is 23.2 Å². The normalized spacial score (nSPS) is 22.3. The van der Waals surface area contributed by atoms with E-state index in [-0.39, 0.29) is 6.10 Å². The van der Waals surface area contributed by atoms with Crippen molar-refractivity contribution < 1.29 is 9.47 Å². The molecule has 1 aromatic carbocycles. The van der Waals surface area contributed by atoms with E-state index in [0.717, 1.165) is 12.1 Å². The molecular formula is C13H17Cl2NO2. The molecule has 0 amide bonds. The summed E-state index contributed by atoms with van der Waals surface area (Å²) in [5.41, 5.74) is 1.06. The molecule has 1 N–H and O–H groups in total. The van der Waals surface area contributed by atoms with Gasteiger partial charge in [0.25, 0.3) is 0 Å². The first-order valence-corrected chi connectivity index (χ1v) is 6.68. The van der Waals surface area contributed by atoms with Crippen LogP contribution >= 0.6 is 23.2 Å². The van der Waals surface area contributed by atoms with Crippen molar-refractivity contribution in [1.29, 1.82) is 0 Å². The standard InChI is InChI=1S/C13H17Cl2NO2/c1-13(2)17-8-12(18-13)7-16-6-9-3-10(14)5-11(15)4-9/h3-5,12,16H,6-8H2,1-2H3. The molecule has 1 saturated heterocycles. The molecular weight excluding hydrogens is 273 g/mol. The molecule has 3 nitrogen and oxygen atoms in total. The van der Waals surface area contributed by atoms with Crippen molar-refractivity contribution in [3.05, 3.63) is 33.8 Å². The molecule has 0 saturated carbocycles. The number of rotatable bonds is 4. The monoisotopic (exact) mass is 289 g/mol. The molecule has 0 spiro atoms. The smallest absolute Gasteiger partial charge is 0.163 e. The van der Waals surface area contributed by atoms with E-state index in [9.17, 15) is 0 Å². The van der Waals surface area contributed by atoms with Crippen LogP contribution in [-0.4, -0.2) is 25.0 Å². The fraction of sp³-hybridized carbons (Fsp3) is 0.538. The second-order valence-corrected chi connectivity index (χ2v) is 5.73. The van der Waals surface area contributed by atoms with Crippen molar-refractivity contribution in [2.75, 3.05) is 13.2 Å². The SMILES string of the molecule is CC1(C)OCC(CNCc2cc(Cl)cc(Cl)c2)O1. The molecule has 1 aliphatic rings. The van der Waals surface area contributed by atoms with Crippen molar-refractivity contribution in [2.24, 2.45) is 0 Å². The third kappa shape index (κ3) is 4.11. The van der Waals surface area contributed by atoms with Gasteiger partial charge in [-0.1, -0.05) is 23.2 Å². The lowest BCUT2D eigenvalue weighted by Gasteiger charge is -2.17. The van der Waals surface area contributed by atoms with Gasteiger partial charge in [0.1, 0.15) is 0 Å². The molecule has 0 aromatic heterocycles. The summed E-state index contributed by atoms with van der Waals surface area (Å²) >= 11 is 11.9. The Morgan fingerprint density at radius 2 is 1.94 bits per heavy atom. The van der Waals surface area contributed by atoms with E-state index >= 15 is 0 Å². The predicted octanol–water partition coefficient (Wildman–Crippen LogP) is 3.23. The maximum Gasteiger partial charge on any atom is 0.163 e. The van der Waals surface area contributed by atoms with Crippen LogP contribution in [0.25, 0.3) is 0 Å². The lowest BCUT2D eigenvalue weighted by molar-refractivity contribution is -0.137. The summed E-state index contributed by atoms with van der Waals surface area (Å²) in [4.78, 5) is 0. The summed E-state index contributed by atoms with van der Waals surface area (Å²) in [6, 6.07) is 5.52. The molecule has 1 aliphatic heterocycles. The van der Waals surface area contributed by atoms with Gasteiger partial charge in [-0.3, -0.25) is 0 Å². The van der Waals surface area contributed by atoms with Gasteiger partial charge in [-0.05, 0) is 37.6 Å². The number of hydrogen-bond acceptors (Lipinski definition) is 3. The highest BCUT2D eigenvalue weighted by Gasteiger charge is 2.32. The lowest BCUT2D eigenvalue weighted by atomic mass is 10.2. The topological polar surface area (TPSA) is 30.5 Å². The van der Waals surface area contributed by atoms with Gasteiger partial charge < -0.3 is 14.8 Å². The van der Waals surface area contributed by atoms with E-state index in [1.54, 1.807) is 6.07 Å². The van der Waals surface area contributed by atoms with Gasteiger partial charge in [0, 0.05) is 23.1 Å². The molecule has 2 rings (SSSR count). The molecule has 1 heterocycles. The first kappa shape index (κ1) is 14.1. The average Bonchev–Trinajstić information content (AvgIpc) is 2.57. The third-order valence-electron chi connectivity index (χ3n) is 2.69. The zero-order valence-corrected chi connectivity index (χ0v) is 12.0. The fourth-order valence-electron chi connectivity index (χ4n) is 1.95. The Morgan fingerprint density at radius 3 is 2.50 bits per heavy atom. The molecule has 1 atom stereocenters. The van der Waals surface area contributed by atoms with Crippen molar-refractivity contribution in [1.82, 2.24) is 5.32 Å². The Kier molecular flexibility index (Phi) is 4.51. The van der Waals surface area contributed by atoms with Crippen LogP contribution in [0, 0.1) is 0 Å². The van der Waals surface area contributed by atoms with Gasteiger partial charge in [0.2, 0.25) is 0 Å². The highest BCUT2D eigenvalue weighted by Crippen LogP contribution is 2.22. The van der Waals surface area contributed by atoms with E-state index in [2.05, 4.69) is 5.32 Å². The van der Waals surface area contributed by atoms with Crippen molar-refractivity contribution in [2.45, 2.75) is 32.3 Å². The third-order valence-corrected chi connectivity index (χ3v) is 3.13. The van der Waals surface area contributed by atoms with Crippen LogP contribution < -0.4 is 5.32 Å². The maximum atomic E-state index is 5.94. The molecule has 0 aliphatic carbocycles. The highest BCUT2D eigenvalue weighted by molar-refractivity contribution is 6.34. The van der Waals surface area contributed by atoms with Gasteiger partial charge in [0.15, 0.2) is 5.79 Å². The Morgan fingerprint density at radius 1 is 1.28 bits per heavy atom. The van der Waals surface area contributed by atoms with Gasteiger partial charge in [-0.25, -0.2) is 0 Å². The summed E-state index contributed by atoms with van der Waals surface area (Å²) in [6.07, 6.45) is 0.0923. The zero-order valence-electron chi connectivity index (χ0n) is 10.5. The first-order valence-electron chi connectivity index (χ1n) is 5.92. The molecule has 5 heteroatoms. The number of ether oxygens (including phenoxy) is 2. The Hall–Kier alpha value is -0.320. The van der Waals surface area contributed by atoms with Crippen LogP contribution in [0.15, 0.2) is 18.2 Å². The van der Waals surface area contributed by atoms with E-state index in [4.69, 9.17) is 32.7 Å². The Labute approximate surface area is 117 Å². The Bertz CT molecular complexity index is 403. The fourth-order valence-corrected chi connectivity index (χ4v) is 2.53. The predicted molar refractivity (Wildman–Crippen MR) is 73.1 cm³/mol. The van der Waals surface area contributed by atoms with Gasteiger partial charge in [0.05, 0.1) is 12.7 Å². The molecule has 100 valence electrons. The van der Waals surface area contributed by atoms with E-state index < -0.39 is 5.79 Å². The van der Waals surface area contributed by atoms with Crippen LogP contribution in [0.2, 0.25) is 10.0 Å². The molecule has 1 fully saturated rings. The summed E-state index contributed by atoms with van der Waals surface area (Å²) in [5.74, 6) is -0.467. The van der Waals surface area contributed by atoms with Gasteiger partial charge in [-0.15, -0.1) is 0 Å². The van der Waals surface area contributed by atoms with Crippen LogP contribution in [-0.2, 0) is 16.0 Å². The number of halogens is 2. The minimum Gasteiger partial charge on any atom is -0.348 e. The van der Waals surface area contributed by atoms with Crippen molar-refractivity contribution in [3.8, 4) is 0 Å².